The lowest BCUT2D eigenvalue weighted by atomic mass is 10.1. The highest BCUT2D eigenvalue weighted by Gasteiger charge is 2.09. The van der Waals surface area contributed by atoms with Crippen LogP contribution < -0.4 is 10.1 Å². The van der Waals surface area contributed by atoms with E-state index in [-0.39, 0.29) is 0 Å². The summed E-state index contributed by atoms with van der Waals surface area (Å²) in [5.74, 6) is 0.912. The summed E-state index contributed by atoms with van der Waals surface area (Å²) in [7, 11) is 0. The van der Waals surface area contributed by atoms with Crippen LogP contribution in [-0.4, -0.2) is 4.99 Å². The molecule has 0 spiro atoms. The molecule has 0 amide bonds. The predicted octanol–water partition coefficient (Wildman–Crippen LogP) is 5.79. The van der Waals surface area contributed by atoms with E-state index < -0.39 is 0 Å². The molecule has 0 fully saturated rings. The van der Waals surface area contributed by atoms with Crippen molar-refractivity contribution >= 4 is 38.8 Å². The number of nitrogens with one attached hydrogen (secondary N) is 1. The van der Waals surface area contributed by atoms with Crippen LogP contribution in [-0.2, 0) is 6.61 Å². The molecule has 0 unspecified atom stereocenters. The third-order valence-corrected chi connectivity index (χ3v) is 4.45. The highest BCUT2D eigenvalue weighted by Crippen LogP contribution is 2.28. The van der Waals surface area contributed by atoms with Gasteiger partial charge in [0.05, 0.1) is 10.7 Å². The van der Waals surface area contributed by atoms with Crippen molar-refractivity contribution < 1.29 is 4.74 Å². The maximum atomic E-state index is 5.98. The molecule has 2 rings (SSSR count). The van der Waals surface area contributed by atoms with E-state index in [1.807, 2.05) is 25.1 Å². The number of benzene rings is 2. The van der Waals surface area contributed by atoms with Crippen molar-refractivity contribution in [1.82, 2.24) is 0 Å². The van der Waals surface area contributed by atoms with Crippen molar-refractivity contribution in [3.05, 3.63) is 57.6 Å². The van der Waals surface area contributed by atoms with E-state index in [0.717, 1.165) is 38.4 Å². The molecule has 22 heavy (non-hydrogen) atoms. The van der Waals surface area contributed by atoms with E-state index in [4.69, 9.17) is 17.0 Å². The summed E-state index contributed by atoms with van der Waals surface area (Å²) >= 11 is 8.87. The maximum absolute atomic E-state index is 5.98. The first-order valence-electron chi connectivity index (χ1n) is 7.28. The number of thiocarbonyl (C=S) groups is 1. The molecule has 0 radical (unpaired) electrons. The maximum Gasteiger partial charge on any atom is 0.122 e. The second kappa shape index (κ2) is 7.75. The van der Waals surface area contributed by atoms with Crippen molar-refractivity contribution in [3.8, 4) is 5.75 Å². The average Bonchev–Trinajstić information content (AvgIpc) is 2.49. The Hall–Kier alpha value is -1.39. The number of hydrogen-bond acceptors (Lipinski definition) is 2. The number of halogens is 1. The van der Waals surface area contributed by atoms with E-state index in [1.165, 1.54) is 5.56 Å². The first-order valence-corrected chi connectivity index (χ1v) is 8.48. The zero-order valence-corrected chi connectivity index (χ0v) is 15.5. The minimum atomic E-state index is 0.498. The van der Waals surface area contributed by atoms with E-state index in [9.17, 15) is 0 Å². The number of ether oxygens (including phenoxy) is 1. The number of para-hydroxylation sites is 1. The van der Waals surface area contributed by atoms with Crippen molar-refractivity contribution in [3.63, 3.8) is 0 Å². The SMILES string of the molecule is CCC(=S)Nc1c(Br)cccc1COc1ccc(C)cc1C. The first-order chi connectivity index (χ1) is 10.5. The summed E-state index contributed by atoms with van der Waals surface area (Å²) in [6.07, 6.45) is 0.814. The zero-order valence-electron chi connectivity index (χ0n) is 13.1. The van der Waals surface area contributed by atoms with Crippen LogP contribution in [0.5, 0.6) is 5.75 Å². The smallest absolute Gasteiger partial charge is 0.122 e. The lowest BCUT2D eigenvalue weighted by Crippen LogP contribution is -2.11. The summed E-state index contributed by atoms with van der Waals surface area (Å²) in [5, 5.41) is 3.29. The van der Waals surface area contributed by atoms with E-state index in [1.54, 1.807) is 0 Å². The Labute approximate surface area is 146 Å². The van der Waals surface area contributed by atoms with Crippen molar-refractivity contribution in [2.45, 2.75) is 33.8 Å². The molecule has 0 heterocycles. The second-order valence-electron chi connectivity index (χ2n) is 5.23. The van der Waals surface area contributed by atoms with Crippen LogP contribution in [0.3, 0.4) is 0 Å². The Kier molecular flexibility index (Phi) is 5.98. The molecule has 0 atom stereocenters. The van der Waals surface area contributed by atoms with Gasteiger partial charge in [0, 0.05) is 10.0 Å². The molecular formula is C18H20BrNOS. The van der Waals surface area contributed by atoms with Gasteiger partial charge in [-0.05, 0) is 53.9 Å². The molecule has 2 aromatic rings. The van der Waals surface area contributed by atoms with Crippen LogP contribution in [0.1, 0.15) is 30.0 Å². The molecule has 0 aliphatic rings. The van der Waals surface area contributed by atoms with E-state index >= 15 is 0 Å². The number of hydrogen-bond donors (Lipinski definition) is 1. The molecular weight excluding hydrogens is 358 g/mol. The molecule has 4 heteroatoms. The van der Waals surface area contributed by atoms with Crippen molar-refractivity contribution in [1.29, 1.82) is 0 Å². The first kappa shape index (κ1) is 17.0. The van der Waals surface area contributed by atoms with Gasteiger partial charge in [-0.15, -0.1) is 0 Å². The fourth-order valence-electron chi connectivity index (χ4n) is 2.17. The van der Waals surface area contributed by atoms with Gasteiger partial charge in [0.2, 0.25) is 0 Å². The second-order valence-corrected chi connectivity index (χ2v) is 6.58. The number of aryl methyl sites for hydroxylation is 2. The molecule has 2 nitrogen and oxygen atoms in total. The summed E-state index contributed by atoms with van der Waals surface area (Å²) in [4.78, 5) is 0.819. The largest absolute Gasteiger partial charge is 0.489 e. The lowest BCUT2D eigenvalue weighted by molar-refractivity contribution is 0.304. The lowest BCUT2D eigenvalue weighted by Gasteiger charge is -2.16. The summed E-state index contributed by atoms with van der Waals surface area (Å²) < 4.78 is 6.98. The molecule has 0 saturated carbocycles. The van der Waals surface area contributed by atoms with Gasteiger partial charge in [0.15, 0.2) is 0 Å². The van der Waals surface area contributed by atoms with Gasteiger partial charge in [0.25, 0.3) is 0 Å². The van der Waals surface area contributed by atoms with Crippen LogP contribution in [0, 0.1) is 13.8 Å². The Morgan fingerprint density at radius 2 is 2.00 bits per heavy atom. The zero-order chi connectivity index (χ0) is 16.1. The molecule has 0 aliphatic carbocycles. The van der Waals surface area contributed by atoms with Gasteiger partial charge in [-0.1, -0.05) is 49.0 Å². The third-order valence-electron chi connectivity index (χ3n) is 3.40. The van der Waals surface area contributed by atoms with Gasteiger partial charge in [-0.25, -0.2) is 0 Å². The molecule has 0 aromatic heterocycles. The normalized spacial score (nSPS) is 10.4. The van der Waals surface area contributed by atoms with Crippen molar-refractivity contribution in [2.75, 3.05) is 5.32 Å². The highest BCUT2D eigenvalue weighted by atomic mass is 79.9. The molecule has 0 aliphatic heterocycles. The van der Waals surface area contributed by atoms with Gasteiger partial charge < -0.3 is 10.1 Å². The molecule has 1 N–H and O–H groups in total. The average molecular weight is 378 g/mol. The minimum absolute atomic E-state index is 0.498. The van der Waals surface area contributed by atoms with Crippen molar-refractivity contribution in [2.24, 2.45) is 0 Å². The van der Waals surface area contributed by atoms with E-state index in [2.05, 4.69) is 53.3 Å². The minimum Gasteiger partial charge on any atom is -0.489 e. The number of anilines is 1. The Bertz CT molecular complexity index is 685. The molecule has 2 aromatic carbocycles. The van der Waals surface area contributed by atoms with Crippen LogP contribution >= 0.6 is 28.1 Å². The summed E-state index contributed by atoms with van der Waals surface area (Å²) in [6.45, 7) is 6.68. The molecule has 0 bridgehead atoms. The number of rotatable bonds is 5. The fraction of sp³-hybridized carbons (Fsp3) is 0.278. The fourth-order valence-corrected chi connectivity index (χ4v) is 2.78. The standard InChI is InChI=1S/C18H20BrNOS/c1-4-17(22)20-18-14(6-5-7-15(18)19)11-21-16-9-8-12(2)10-13(16)3/h5-10H,4,11H2,1-3H3,(H,20,22). The van der Waals surface area contributed by atoms with Gasteiger partial charge in [0.1, 0.15) is 12.4 Å². The predicted molar refractivity (Wildman–Crippen MR) is 101 cm³/mol. The van der Waals surface area contributed by atoms with Crippen LogP contribution in [0.4, 0.5) is 5.69 Å². The highest BCUT2D eigenvalue weighted by molar-refractivity contribution is 9.10. The van der Waals surface area contributed by atoms with Gasteiger partial charge in [-0.2, -0.15) is 0 Å². The molecule has 0 saturated heterocycles. The quantitative estimate of drug-likeness (QED) is 0.665. The van der Waals surface area contributed by atoms with Crippen LogP contribution in [0.15, 0.2) is 40.9 Å². The van der Waals surface area contributed by atoms with Gasteiger partial charge >= 0.3 is 0 Å². The Morgan fingerprint density at radius 3 is 2.68 bits per heavy atom. The van der Waals surface area contributed by atoms with E-state index in [0.29, 0.717) is 6.61 Å². The topological polar surface area (TPSA) is 21.3 Å². The Balaban J connectivity index is 2.18. The summed E-state index contributed by atoms with van der Waals surface area (Å²) in [5.41, 5.74) is 4.45. The van der Waals surface area contributed by atoms with Crippen LogP contribution in [0.25, 0.3) is 0 Å². The van der Waals surface area contributed by atoms with Crippen LogP contribution in [0.2, 0.25) is 0 Å². The Morgan fingerprint density at radius 1 is 1.23 bits per heavy atom. The monoisotopic (exact) mass is 377 g/mol. The summed E-state index contributed by atoms with van der Waals surface area (Å²) in [6, 6.07) is 12.3. The molecule has 116 valence electrons. The third kappa shape index (κ3) is 4.31. The van der Waals surface area contributed by atoms with Gasteiger partial charge in [-0.3, -0.25) is 0 Å².